The van der Waals surface area contributed by atoms with E-state index in [0.717, 1.165) is 12.3 Å². The van der Waals surface area contributed by atoms with Crippen molar-refractivity contribution in [2.24, 2.45) is 0 Å². The molecule has 19 heavy (non-hydrogen) atoms. The molecular formula is C11H12N2O5S. The van der Waals surface area contributed by atoms with Crippen molar-refractivity contribution >= 4 is 33.6 Å². The van der Waals surface area contributed by atoms with Crippen LogP contribution in [-0.2, 0) is 19.4 Å². The maximum atomic E-state index is 11.4. The summed E-state index contributed by atoms with van der Waals surface area (Å²) in [6.07, 6.45) is 4.59. The number of aliphatic carboxylic acids is 1. The fourth-order valence-corrected chi connectivity index (χ4v) is 1.75. The van der Waals surface area contributed by atoms with Gasteiger partial charge in [-0.05, 0) is 23.8 Å². The van der Waals surface area contributed by atoms with E-state index in [9.17, 15) is 18.0 Å². The van der Waals surface area contributed by atoms with Crippen LogP contribution in [0.2, 0.25) is 0 Å². The number of anilines is 1. The lowest BCUT2D eigenvalue weighted by molar-refractivity contribution is -0.131. The van der Waals surface area contributed by atoms with Gasteiger partial charge in [-0.3, -0.25) is 4.79 Å². The lowest BCUT2D eigenvalue weighted by Crippen LogP contribution is -2.22. The third-order valence-electron chi connectivity index (χ3n) is 1.86. The van der Waals surface area contributed by atoms with Crippen molar-refractivity contribution in [3.8, 4) is 0 Å². The van der Waals surface area contributed by atoms with Gasteiger partial charge in [0.1, 0.15) is 11.6 Å². The average Bonchev–Trinajstić information content (AvgIpc) is 2.24. The Morgan fingerprint density at radius 2 is 2.16 bits per heavy atom. The smallest absolute Gasteiger partial charge is 0.328 e. The summed E-state index contributed by atoms with van der Waals surface area (Å²) in [5, 5.41) is 10.8. The fourth-order valence-electron chi connectivity index (χ4n) is 1.20. The van der Waals surface area contributed by atoms with E-state index in [1.807, 2.05) is 0 Å². The standard InChI is InChI=1S/C11H12N2O5S/c1-19(17,18)7-10(14)13-9-6-8(4-5-12-9)2-3-11(15)16/h2-6H,7H2,1H3,(H,15,16)(H,12,13,14)/b3-2+. The molecular weight excluding hydrogens is 272 g/mol. The maximum absolute atomic E-state index is 11.4. The first-order valence-electron chi connectivity index (χ1n) is 5.11. The van der Waals surface area contributed by atoms with E-state index in [-0.39, 0.29) is 5.82 Å². The van der Waals surface area contributed by atoms with Crippen molar-refractivity contribution in [1.82, 2.24) is 4.98 Å². The molecule has 0 aromatic carbocycles. The highest BCUT2D eigenvalue weighted by molar-refractivity contribution is 7.91. The summed E-state index contributed by atoms with van der Waals surface area (Å²) in [7, 11) is -3.41. The van der Waals surface area contributed by atoms with Gasteiger partial charge in [-0.15, -0.1) is 0 Å². The number of pyridine rings is 1. The second-order valence-corrected chi connectivity index (χ2v) is 5.90. The summed E-state index contributed by atoms with van der Waals surface area (Å²) in [5.74, 6) is -2.28. The Bertz CT molecular complexity index is 622. The zero-order valence-corrected chi connectivity index (χ0v) is 10.8. The summed E-state index contributed by atoms with van der Waals surface area (Å²) < 4.78 is 21.8. The molecule has 0 aliphatic carbocycles. The molecule has 0 bridgehead atoms. The predicted octanol–water partition coefficient (Wildman–Crippen LogP) is 0.162. The molecule has 1 rings (SSSR count). The molecule has 1 aromatic heterocycles. The predicted molar refractivity (Wildman–Crippen MR) is 69.2 cm³/mol. The number of carbonyl (C=O) groups excluding carboxylic acids is 1. The van der Waals surface area contributed by atoms with Crippen LogP contribution < -0.4 is 5.32 Å². The van der Waals surface area contributed by atoms with Crippen LogP contribution in [0, 0.1) is 0 Å². The number of carboxylic acid groups (broad SMARTS) is 1. The number of carbonyl (C=O) groups is 2. The molecule has 0 spiro atoms. The Hall–Kier alpha value is -2.22. The first kappa shape index (κ1) is 14.8. The van der Waals surface area contributed by atoms with E-state index in [1.165, 1.54) is 18.3 Å². The molecule has 0 unspecified atom stereocenters. The molecule has 0 radical (unpaired) electrons. The minimum absolute atomic E-state index is 0.154. The van der Waals surface area contributed by atoms with Crippen molar-refractivity contribution < 1.29 is 23.1 Å². The molecule has 0 aliphatic rings. The van der Waals surface area contributed by atoms with E-state index in [4.69, 9.17) is 5.11 Å². The number of rotatable bonds is 5. The van der Waals surface area contributed by atoms with Crippen molar-refractivity contribution in [3.05, 3.63) is 30.0 Å². The number of amides is 1. The SMILES string of the molecule is CS(=O)(=O)CC(=O)Nc1cc(/C=C/C(=O)O)ccn1. The minimum atomic E-state index is -3.41. The summed E-state index contributed by atoms with van der Waals surface area (Å²) >= 11 is 0. The second-order valence-electron chi connectivity index (χ2n) is 3.76. The molecule has 0 fully saturated rings. The monoisotopic (exact) mass is 284 g/mol. The van der Waals surface area contributed by atoms with Crippen molar-refractivity contribution in [1.29, 1.82) is 0 Å². The van der Waals surface area contributed by atoms with Crippen LogP contribution in [0.15, 0.2) is 24.4 Å². The average molecular weight is 284 g/mol. The summed E-state index contributed by atoms with van der Waals surface area (Å²) in [4.78, 5) is 25.5. The van der Waals surface area contributed by atoms with Gasteiger partial charge in [-0.1, -0.05) is 0 Å². The van der Waals surface area contributed by atoms with Gasteiger partial charge in [0, 0.05) is 18.5 Å². The first-order chi connectivity index (χ1) is 8.76. The van der Waals surface area contributed by atoms with Gasteiger partial charge in [0.25, 0.3) is 0 Å². The Labute approximate surface area is 109 Å². The van der Waals surface area contributed by atoms with E-state index in [1.54, 1.807) is 6.07 Å². The first-order valence-corrected chi connectivity index (χ1v) is 7.17. The van der Waals surface area contributed by atoms with Gasteiger partial charge in [0.2, 0.25) is 5.91 Å². The Morgan fingerprint density at radius 3 is 2.74 bits per heavy atom. The lowest BCUT2D eigenvalue weighted by Gasteiger charge is -2.03. The number of sulfone groups is 1. The maximum Gasteiger partial charge on any atom is 0.328 e. The zero-order valence-electron chi connectivity index (χ0n) is 10.0. The van der Waals surface area contributed by atoms with E-state index in [2.05, 4.69) is 10.3 Å². The van der Waals surface area contributed by atoms with Crippen LogP contribution in [0.1, 0.15) is 5.56 Å². The largest absolute Gasteiger partial charge is 0.478 e. The fraction of sp³-hybridized carbons (Fsp3) is 0.182. The molecule has 1 heterocycles. The van der Waals surface area contributed by atoms with Gasteiger partial charge < -0.3 is 10.4 Å². The van der Waals surface area contributed by atoms with Crippen LogP contribution in [0.25, 0.3) is 6.08 Å². The van der Waals surface area contributed by atoms with Gasteiger partial charge in [0.05, 0.1) is 0 Å². The molecule has 1 aromatic rings. The molecule has 0 aliphatic heterocycles. The molecule has 1 amide bonds. The van der Waals surface area contributed by atoms with Gasteiger partial charge in [-0.25, -0.2) is 18.2 Å². The van der Waals surface area contributed by atoms with Crippen LogP contribution in [0.3, 0.4) is 0 Å². The molecule has 102 valence electrons. The molecule has 2 N–H and O–H groups in total. The second kappa shape index (κ2) is 6.10. The molecule has 0 saturated heterocycles. The highest BCUT2D eigenvalue weighted by Crippen LogP contribution is 2.08. The van der Waals surface area contributed by atoms with Crippen molar-refractivity contribution in [2.75, 3.05) is 17.3 Å². The van der Waals surface area contributed by atoms with Crippen molar-refractivity contribution in [3.63, 3.8) is 0 Å². The normalized spacial score (nSPS) is 11.4. The molecule has 8 heteroatoms. The lowest BCUT2D eigenvalue weighted by atomic mass is 10.2. The van der Waals surface area contributed by atoms with Gasteiger partial charge in [0.15, 0.2) is 9.84 Å². The quantitative estimate of drug-likeness (QED) is 0.745. The summed E-state index contributed by atoms with van der Waals surface area (Å²) in [5.41, 5.74) is 0.520. The number of hydrogen-bond acceptors (Lipinski definition) is 5. The Kier molecular flexibility index (Phi) is 4.76. The topological polar surface area (TPSA) is 113 Å². The summed E-state index contributed by atoms with van der Waals surface area (Å²) in [6, 6.07) is 2.98. The number of nitrogens with zero attached hydrogens (tertiary/aromatic N) is 1. The molecule has 0 saturated carbocycles. The van der Waals surface area contributed by atoms with E-state index in [0.29, 0.717) is 5.56 Å². The van der Waals surface area contributed by atoms with Crippen LogP contribution >= 0.6 is 0 Å². The van der Waals surface area contributed by atoms with Crippen LogP contribution in [-0.4, -0.2) is 42.4 Å². The third-order valence-corrected chi connectivity index (χ3v) is 2.65. The van der Waals surface area contributed by atoms with Gasteiger partial charge >= 0.3 is 5.97 Å². The van der Waals surface area contributed by atoms with Crippen molar-refractivity contribution in [2.45, 2.75) is 0 Å². The molecule has 0 atom stereocenters. The Balaban J connectivity index is 2.77. The highest BCUT2D eigenvalue weighted by atomic mass is 32.2. The number of aromatic nitrogens is 1. The third kappa shape index (κ3) is 6.32. The number of nitrogens with one attached hydrogen (secondary N) is 1. The van der Waals surface area contributed by atoms with Crippen LogP contribution in [0.4, 0.5) is 5.82 Å². The van der Waals surface area contributed by atoms with E-state index >= 15 is 0 Å². The summed E-state index contributed by atoms with van der Waals surface area (Å²) in [6.45, 7) is 0. The highest BCUT2D eigenvalue weighted by Gasteiger charge is 2.11. The van der Waals surface area contributed by atoms with Crippen LogP contribution in [0.5, 0.6) is 0 Å². The van der Waals surface area contributed by atoms with E-state index < -0.39 is 27.5 Å². The molecule has 7 nitrogen and oxygen atoms in total. The Morgan fingerprint density at radius 1 is 1.47 bits per heavy atom. The number of hydrogen-bond donors (Lipinski definition) is 2. The minimum Gasteiger partial charge on any atom is -0.478 e. The zero-order chi connectivity index (χ0) is 14.5. The number of carboxylic acids is 1. The van der Waals surface area contributed by atoms with Gasteiger partial charge in [-0.2, -0.15) is 0 Å².